The van der Waals surface area contributed by atoms with Gasteiger partial charge in [0.2, 0.25) is 5.91 Å². The van der Waals surface area contributed by atoms with Crippen molar-refractivity contribution in [2.75, 3.05) is 32.8 Å². The number of halogens is 2. The lowest BCUT2D eigenvalue weighted by molar-refractivity contribution is -0.140. The molecule has 5 rings (SSSR count). The summed E-state index contributed by atoms with van der Waals surface area (Å²) in [4.78, 5) is 17.0. The van der Waals surface area contributed by atoms with Gasteiger partial charge in [-0.05, 0) is 56.5 Å². The van der Waals surface area contributed by atoms with Gasteiger partial charge in [0.25, 0.3) is 0 Å². The monoisotopic (exact) mass is 350 g/mol. The molecule has 3 atom stereocenters. The van der Waals surface area contributed by atoms with Gasteiger partial charge in [0, 0.05) is 31.2 Å². The van der Waals surface area contributed by atoms with Crippen LogP contribution in [0.1, 0.15) is 31.2 Å². The Morgan fingerprint density at radius 1 is 1.16 bits per heavy atom. The maximum Gasteiger partial charge on any atom is 0.248 e. The number of benzene rings is 1. The van der Waals surface area contributed by atoms with Crippen LogP contribution in [0.4, 0.5) is 8.78 Å². The van der Waals surface area contributed by atoms with Crippen molar-refractivity contribution in [1.82, 2.24) is 9.80 Å². The van der Waals surface area contributed by atoms with Gasteiger partial charge in [0.15, 0.2) is 0 Å². The second-order valence-corrected chi connectivity index (χ2v) is 7.35. The van der Waals surface area contributed by atoms with Gasteiger partial charge < -0.3 is 9.64 Å². The molecule has 0 aliphatic carbocycles. The highest BCUT2D eigenvalue weighted by Gasteiger charge is 2.54. The summed E-state index contributed by atoms with van der Waals surface area (Å²) in [5.74, 6) is -0.693. The summed E-state index contributed by atoms with van der Waals surface area (Å²) in [5, 5.41) is 0. The van der Waals surface area contributed by atoms with Crippen molar-refractivity contribution in [3.05, 3.63) is 35.4 Å². The number of amides is 1. The van der Waals surface area contributed by atoms with E-state index in [0.29, 0.717) is 24.6 Å². The number of fused-ring (bicyclic) bond motifs is 2. The quantitative estimate of drug-likeness (QED) is 0.836. The van der Waals surface area contributed by atoms with Gasteiger partial charge in [-0.2, -0.15) is 0 Å². The second kappa shape index (κ2) is 6.65. The number of likely N-dealkylation sites (tertiary alicyclic amines) is 1. The van der Waals surface area contributed by atoms with Gasteiger partial charge in [-0.1, -0.05) is 0 Å². The van der Waals surface area contributed by atoms with Crippen LogP contribution in [0, 0.1) is 17.6 Å². The molecule has 6 heteroatoms. The van der Waals surface area contributed by atoms with E-state index in [1.165, 1.54) is 12.1 Å². The molecule has 25 heavy (non-hydrogen) atoms. The molecule has 0 saturated carbocycles. The Morgan fingerprint density at radius 2 is 1.84 bits per heavy atom. The first kappa shape index (κ1) is 16.9. The molecule has 0 N–H and O–H groups in total. The van der Waals surface area contributed by atoms with Crippen molar-refractivity contribution in [2.24, 2.45) is 5.92 Å². The Hall–Kier alpha value is -1.53. The minimum Gasteiger partial charge on any atom is -0.372 e. The lowest BCUT2D eigenvalue weighted by Gasteiger charge is -2.51. The fourth-order valence-corrected chi connectivity index (χ4v) is 5.06. The van der Waals surface area contributed by atoms with Crippen molar-refractivity contribution in [3.8, 4) is 0 Å². The number of carbonyl (C=O) groups is 1. The molecule has 0 aromatic heterocycles. The molecule has 0 unspecified atom stereocenters. The molecule has 4 nitrogen and oxygen atoms in total. The van der Waals surface area contributed by atoms with Crippen LogP contribution in [0.25, 0.3) is 0 Å². The van der Waals surface area contributed by atoms with Gasteiger partial charge >= 0.3 is 0 Å². The predicted octanol–water partition coefficient (Wildman–Crippen LogP) is 2.39. The van der Waals surface area contributed by atoms with E-state index in [1.807, 2.05) is 11.8 Å². The molecule has 1 aromatic rings. The van der Waals surface area contributed by atoms with Crippen LogP contribution in [0.3, 0.4) is 0 Å². The molecule has 2 bridgehead atoms. The number of hydrogen-bond acceptors (Lipinski definition) is 3. The minimum absolute atomic E-state index is 0.00928. The first-order valence-corrected chi connectivity index (χ1v) is 9.15. The molecule has 136 valence electrons. The van der Waals surface area contributed by atoms with Gasteiger partial charge in [0.05, 0.1) is 6.04 Å². The summed E-state index contributed by atoms with van der Waals surface area (Å²) < 4.78 is 32.8. The lowest BCUT2D eigenvalue weighted by atomic mass is 9.75. The van der Waals surface area contributed by atoms with E-state index in [-0.39, 0.29) is 30.5 Å². The zero-order valence-corrected chi connectivity index (χ0v) is 14.5. The standard InChI is InChI=1S/C19H24F2N2O2/c1-2-25-11-17(24)23-10-16(13-7-14(20)9-15(21)8-13)19-18(23)12-3-5-22(19)6-4-12/h7-9,12,16,18-19H,2-6,10-11H2,1H3/t16-,18+,19+/m0/s1. The average Bonchev–Trinajstić information content (AvgIpc) is 3.03. The predicted molar refractivity (Wildman–Crippen MR) is 89.2 cm³/mol. The van der Waals surface area contributed by atoms with E-state index in [1.54, 1.807) is 0 Å². The van der Waals surface area contributed by atoms with E-state index in [9.17, 15) is 13.6 Å². The molecule has 4 aliphatic rings. The lowest BCUT2D eigenvalue weighted by Crippen LogP contribution is -2.61. The number of hydrogen-bond donors (Lipinski definition) is 0. The molecule has 1 amide bonds. The van der Waals surface area contributed by atoms with E-state index < -0.39 is 11.6 Å². The first-order valence-electron chi connectivity index (χ1n) is 9.15. The van der Waals surface area contributed by atoms with E-state index in [0.717, 1.165) is 32.0 Å². The van der Waals surface area contributed by atoms with Gasteiger partial charge in [-0.3, -0.25) is 9.69 Å². The normalized spacial score (nSPS) is 33.6. The first-order chi connectivity index (χ1) is 12.1. The largest absolute Gasteiger partial charge is 0.372 e. The van der Waals surface area contributed by atoms with Crippen LogP contribution in [0.2, 0.25) is 0 Å². The molecular weight excluding hydrogens is 326 g/mol. The summed E-state index contributed by atoms with van der Waals surface area (Å²) in [6, 6.07) is 4.03. The van der Waals surface area contributed by atoms with Crippen LogP contribution in [0.15, 0.2) is 18.2 Å². The van der Waals surface area contributed by atoms with Crippen molar-refractivity contribution >= 4 is 5.91 Å². The van der Waals surface area contributed by atoms with Crippen molar-refractivity contribution in [2.45, 2.75) is 37.8 Å². The third-order valence-electron chi connectivity index (χ3n) is 6.06. The number of nitrogens with zero attached hydrogens (tertiary/aromatic N) is 2. The van der Waals surface area contributed by atoms with Crippen molar-refractivity contribution in [3.63, 3.8) is 0 Å². The number of piperidine rings is 3. The van der Waals surface area contributed by atoms with Crippen LogP contribution < -0.4 is 0 Å². The molecule has 4 heterocycles. The maximum atomic E-state index is 13.8. The van der Waals surface area contributed by atoms with Crippen molar-refractivity contribution in [1.29, 1.82) is 0 Å². The molecule has 4 saturated heterocycles. The molecule has 0 spiro atoms. The molecule has 4 aliphatic heterocycles. The maximum absolute atomic E-state index is 13.8. The summed E-state index contributed by atoms with van der Waals surface area (Å²) in [7, 11) is 0. The van der Waals surface area contributed by atoms with E-state index in [4.69, 9.17) is 4.74 Å². The highest BCUT2D eigenvalue weighted by Crippen LogP contribution is 2.46. The fourth-order valence-electron chi connectivity index (χ4n) is 5.06. The Bertz CT molecular complexity index is 641. The van der Waals surface area contributed by atoms with Crippen LogP contribution in [-0.4, -0.2) is 60.6 Å². The Morgan fingerprint density at radius 3 is 2.48 bits per heavy atom. The molecule has 4 fully saturated rings. The summed E-state index contributed by atoms with van der Waals surface area (Å²) in [6.45, 7) is 4.98. The zero-order chi connectivity index (χ0) is 17.6. The molecule has 0 radical (unpaired) electrons. The van der Waals surface area contributed by atoms with E-state index >= 15 is 0 Å². The Kier molecular flexibility index (Phi) is 4.50. The van der Waals surface area contributed by atoms with Crippen LogP contribution in [-0.2, 0) is 9.53 Å². The highest BCUT2D eigenvalue weighted by molar-refractivity contribution is 5.78. The van der Waals surface area contributed by atoms with Crippen LogP contribution in [0.5, 0.6) is 0 Å². The van der Waals surface area contributed by atoms with Crippen LogP contribution >= 0.6 is 0 Å². The van der Waals surface area contributed by atoms with Gasteiger partial charge in [-0.15, -0.1) is 0 Å². The zero-order valence-electron chi connectivity index (χ0n) is 14.5. The summed E-state index contributed by atoms with van der Waals surface area (Å²) in [6.07, 6.45) is 2.17. The topological polar surface area (TPSA) is 32.8 Å². The summed E-state index contributed by atoms with van der Waals surface area (Å²) in [5.41, 5.74) is 0.659. The molecule has 1 aromatic carbocycles. The average molecular weight is 350 g/mol. The SMILES string of the molecule is CCOCC(=O)N1C[C@@H](c2cc(F)cc(F)c2)[C@@H]2[C@H]1C1CCN2CC1. The smallest absolute Gasteiger partial charge is 0.248 e. The Balaban J connectivity index is 1.67. The van der Waals surface area contributed by atoms with E-state index in [2.05, 4.69) is 4.90 Å². The number of carbonyl (C=O) groups excluding carboxylic acids is 1. The highest BCUT2D eigenvalue weighted by atomic mass is 19.1. The minimum atomic E-state index is -0.554. The second-order valence-electron chi connectivity index (χ2n) is 7.35. The molecular formula is C19H24F2N2O2. The van der Waals surface area contributed by atoms with Gasteiger partial charge in [-0.25, -0.2) is 8.78 Å². The third-order valence-corrected chi connectivity index (χ3v) is 6.06. The van der Waals surface area contributed by atoms with Crippen molar-refractivity contribution < 1.29 is 18.3 Å². The Labute approximate surface area is 146 Å². The summed E-state index contributed by atoms with van der Waals surface area (Å²) >= 11 is 0. The number of rotatable bonds is 4. The fraction of sp³-hybridized carbons (Fsp3) is 0.632. The third kappa shape index (κ3) is 2.95. The van der Waals surface area contributed by atoms with Gasteiger partial charge in [0.1, 0.15) is 18.2 Å². The number of ether oxygens (including phenoxy) is 1.